The van der Waals surface area contributed by atoms with E-state index in [4.69, 9.17) is 14.9 Å². The van der Waals surface area contributed by atoms with E-state index in [0.717, 1.165) is 0 Å². The zero-order valence-electron chi connectivity index (χ0n) is 7.30. The molecule has 0 aliphatic carbocycles. The minimum absolute atomic E-state index is 0.168. The van der Waals surface area contributed by atoms with Gasteiger partial charge in [0.15, 0.2) is 0 Å². The molecule has 5 nitrogen and oxygen atoms in total. The number of aliphatic hydroxyl groups excluding tert-OH is 2. The molecule has 12 heavy (non-hydrogen) atoms. The number of nitrogens with zero attached hydrogens (tertiary/aromatic N) is 1. The molecule has 0 aromatic rings. The molecule has 0 spiro atoms. The molecule has 0 bridgehead atoms. The van der Waals surface area contributed by atoms with Crippen LogP contribution in [0, 0.1) is 4.91 Å². The lowest BCUT2D eigenvalue weighted by molar-refractivity contribution is -0.0506. The lowest BCUT2D eigenvalue weighted by Gasteiger charge is -2.17. The summed E-state index contributed by atoms with van der Waals surface area (Å²) >= 11 is 0. The van der Waals surface area contributed by atoms with Gasteiger partial charge in [0.05, 0.1) is 19.3 Å². The van der Waals surface area contributed by atoms with Crippen molar-refractivity contribution in [3.8, 4) is 0 Å². The molecule has 5 heteroatoms. The van der Waals surface area contributed by atoms with Crippen LogP contribution in [0.25, 0.3) is 0 Å². The monoisotopic (exact) mass is 177 g/mol. The predicted octanol–water partition coefficient (Wildman–Crippen LogP) is -0.100. The van der Waals surface area contributed by atoms with Crippen LogP contribution in [0.5, 0.6) is 0 Å². The van der Waals surface area contributed by atoms with Gasteiger partial charge in [0.1, 0.15) is 12.1 Å². The molecule has 0 amide bonds. The second-order valence-electron chi connectivity index (χ2n) is 2.74. The second kappa shape index (κ2) is 6.05. The SMILES string of the molecule is CC(OC[C@@H](C)N=O)[C@H](O)CO. The fourth-order valence-corrected chi connectivity index (χ4v) is 0.581. The van der Waals surface area contributed by atoms with Gasteiger partial charge in [-0.3, -0.25) is 0 Å². The minimum atomic E-state index is -0.899. The summed E-state index contributed by atoms with van der Waals surface area (Å²) in [6.45, 7) is 3.06. The lowest BCUT2D eigenvalue weighted by Crippen LogP contribution is -2.31. The van der Waals surface area contributed by atoms with E-state index in [1.165, 1.54) is 0 Å². The van der Waals surface area contributed by atoms with Crippen LogP contribution in [0.1, 0.15) is 13.8 Å². The lowest BCUT2D eigenvalue weighted by atomic mass is 10.2. The van der Waals surface area contributed by atoms with Crippen LogP contribution in [0.2, 0.25) is 0 Å². The number of hydrogen-bond acceptors (Lipinski definition) is 5. The third-order valence-corrected chi connectivity index (χ3v) is 1.51. The van der Waals surface area contributed by atoms with E-state index in [-0.39, 0.29) is 13.2 Å². The van der Waals surface area contributed by atoms with Crippen molar-refractivity contribution >= 4 is 0 Å². The molecule has 0 saturated heterocycles. The number of hydrogen-bond donors (Lipinski definition) is 2. The fourth-order valence-electron chi connectivity index (χ4n) is 0.581. The molecule has 0 aromatic heterocycles. The molecule has 0 aliphatic heterocycles. The first kappa shape index (κ1) is 11.5. The predicted molar refractivity (Wildman–Crippen MR) is 43.8 cm³/mol. The van der Waals surface area contributed by atoms with E-state index in [1.54, 1.807) is 13.8 Å². The summed E-state index contributed by atoms with van der Waals surface area (Å²) in [5.74, 6) is 0. The summed E-state index contributed by atoms with van der Waals surface area (Å²) < 4.78 is 5.04. The highest BCUT2D eigenvalue weighted by Crippen LogP contribution is 2.00. The van der Waals surface area contributed by atoms with Crippen molar-refractivity contribution in [2.75, 3.05) is 13.2 Å². The van der Waals surface area contributed by atoms with Crippen molar-refractivity contribution < 1.29 is 14.9 Å². The highest BCUT2D eigenvalue weighted by molar-refractivity contribution is 4.64. The molecule has 1 unspecified atom stereocenters. The number of nitroso groups, excluding NO2 is 1. The van der Waals surface area contributed by atoms with Gasteiger partial charge >= 0.3 is 0 Å². The van der Waals surface area contributed by atoms with E-state index in [2.05, 4.69) is 5.18 Å². The molecule has 0 fully saturated rings. The number of rotatable bonds is 6. The maximum absolute atomic E-state index is 9.91. The van der Waals surface area contributed by atoms with Gasteiger partial charge in [-0.1, -0.05) is 5.18 Å². The average Bonchev–Trinajstić information content (AvgIpc) is 2.11. The van der Waals surface area contributed by atoms with Gasteiger partial charge in [-0.05, 0) is 13.8 Å². The molecular weight excluding hydrogens is 162 g/mol. The van der Waals surface area contributed by atoms with Gasteiger partial charge < -0.3 is 14.9 Å². The summed E-state index contributed by atoms with van der Waals surface area (Å²) in [5, 5.41) is 20.3. The maximum atomic E-state index is 9.91. The van der Waals surface area contributed by atoms with Crippen molar-refractivity contribution in [2.45, 2.75) is 32.1 Å². The van der Waals surface area contributed by atoms with Crippen LogP contribution in [0.3, 0.4) is 0 Å². The largest absolute Gasteiger partial charge is 0.394 e. The van der Waals surface area contributed by atoms with Crippen LogP contribution < -0.4 is 0 Å². The van der Waals surface area contributed by atoms with Crippen LogP contribution in [0.15, 0.2) is 5.18 Å². The van der Waals surface area contributed by atoms with E-state index >= 15 is 0 Å². The van der Waals surface area contributed by atoms with E-state index in [9.17, 15) is 4.91 Å². The normalized spacial score (nSPS) is 18.3. The first-order valence-corrected chi connectivity index (χ1v) is 3.84. The Kier molecular flexibility index (Phi) is 5.79. The van der Waals surface area contributed by atoms with E-state index < -0.39 is 18.2 Å². The Morgan fingerprint density at radius 2 is 2.08 bits per heavy atom. The molecule has 72 valence electrons. The molecule has 0 aromatic carbocycles. The van der Waals surface area contributed by atoms with Gasteiger partial charge in [0.2, 0.25) is 0 Å². The quantitative estimate of drug-likeness (QED) is 0.555. The summed E-state index contributed by atoms with van der Waals surface area (Å²) in [7, 11) is 0. The van der Waals surface area contributed by atoms with Crippen molar-refractivity contribution in [1.29, 1.82) is 0 Å². The van der Waals surface area contributed by atoms with Crippen LogP contribution >= 0.6 is 0 Å². The van der Waals surface area contributed by atoms with Crippen molar-refractivity contribution in [1.82, 2.24) is 0 Å². The van der Waals surface area contributed by atoms with Crippen molar-refractivity contribution in [2.24, 2.45) is 5.18 Å². The Hall–Kier alpha value is -0.520. The highest BCUT2D eigenvalue weighted by atomic mass is 16.5. The standard InChI is InChI=1S/C7H15NO4/c1-5(8-11)4-12-6(2)7(10)3-9/h5-7,9-10H,3-4H2,1-2H3/t5-,6?,7-/m1/s1. The average molecular weight is 177 g/mol. The molecule has 0 radical (unpaired) electrons. The summed E-state index contributed by atoms with van der Waals surface area (Å²) in [5.41, 5.74) is 0. The first-order chi connectivity index (χ1) is 5.61. The summed E-state index contributed by atoms with van der Waals surface area (Å²) in [6.07, 6.45) is -1.37. The zero-order chi connectivity index (χ0) is 9.56. The Morgan fingerprint density at radius 3 is 2.50 bits per heavy atom. The molecular formula is C7H15NO4. The molecule has 2 N–H and O–H groups in total. The summed E-state index contributed by atoms with van der Waals surface area (Å²) in [6, 6.07) is -0.418. The fraction of sp³-hybridized carbons (Fsp3) is 1.00. The van der Waals surface area contributed by atoms with Gasteiger partial charge in [0.25, 0.3) is 0 Å². The molecule has 0 heterocycles. The number of ether oxygens (including phenoxy) is 1. The van der Waals surface area contributed by atoms with Crippen molar-refractivity contribution in [3.05, 3.63) is 4.91 Å². The first-order valence-electron chi connectivity index (χ1n) is 3.84. The Morgan fingerprint density at radius 1 is 1.50 bits per heavy atom. The number of aliphatic hydroxyl groups is 2. The Labute approximate surface area is 71.3 Å². The van der Waals surface area contributed by atoms with Crippen LogP contribution in [0.4, 0.5) is 0 Å². The Balaban J connectivity index is 3.55. The molecule has 3 atom stereocenters. The topological polar surface area (TPSA) is 79.1 Å². The highest BCUT2D eigenvalue weighted by Gasteiger charge is 2.14. The van der Waals surface area contributed by atoms with Gasteiger partial charge in [-0.2, -0.15) is 4.91 Å². The summed E-state index contributed by atoms with van der Waals surface area (Å²) in [4.78, 5) is 9.91. The smallest absolute Gasteiger partial charge is 0.112 e. The van der Waals surface area contributed by atoms with Crippen LogP contribution in [-0.2, 0) is 4.74 Å². The van der Waals surface area contributed by atoms with E-state index in [1.807, 2.05) is 0 Å². The molecule has 0 aliphatic rings. The second-order valence-corrected chi connectivity index (χ2v) is 2.74. The Bertz CT molecular complexity index is 131. The third-order valence-electron chi connectivity index (χ3n) is 1.51. The van der Waals surface area contributed by atoms with Gasteiger partial charge in [0, 0.05) is 0 Å². The zero-order valence-corrected chi connectivity index (χ0v) is 7.30. The minimum Gasteiger partial charge on any atom is -0.394 e. The maximum Gasteiger partial charge on any atom is 0.112 e. The van der Waals surface area contributed by atoms with Gasteiger partial charge in [-0.15, -0.1) is 0 Å². The van der Waals surface area contributed by atoms with Crippen molar-refractivity contribution in [3.63, 3.8) is 0 Å². The van der Waals surface area contributed by atoms with Crippen LogP contribution in [-0.4, -0.2) is 41.7 Å². The molecule has 0 saturated carbocycles. The van der Waals surface area contributed by atoms with Gasteiger partial charge in [-0.25, -0.2) is 0 Å². The third kappa shape index (κ3) is 4.38. The molecule has 0 rings (SSSR count). The van der Waals surface area contributed by atoms with E-state index in [0.29, 0.717) is 0 Å².